The summed E-state index contributed by atoms with van der Waals surface area (Å²) in [7, 11) is 1.72. The van der Waals surface area contributed by atoms with Gasteiger partial charge in [0.05, 0.1) is 0 Å². The van der Waals surface area contributed by atoms with Crippen molar-refractivity contribution in [1.82, 2.24) is 19.7 Å². The number of hydrogen-bond donors (Lipinski definition) is 3. The second-order valence-electron chi connectivity index (χ2n) is 4.02. The van der Waals surface area contributed by atoms with Gasteiger partial charge >= 0.3 is 6.18 Å². The molecule has 2 heterocycles. The van der Waals surface area contributed by atoms with Gasteiger partial charge in [0.1, 0.15) is 11.6 Å². The molecule has 0 atom stereocenters. The predicted octanol–water partition coefficient (Wildman–Crippen LogP) is 1.57. The Kier molecular flexibility index (Phi) is 3.49. The van der Waals surface area contributed by atoms with Crippen LogP contribution in [-0.4, -0.2) is 19.7 Å². The van der Waals surface area contributed by atoms with Crippen LogP contribution < -0.4 is 16.6 Å². The van der Waals surface area contributed by atoms with E-state index in [2.05, 4.69) is 25.8 Å². The first kappa shape index (κ1) is 14.1. The smallest absolute Gasteiger partial charge is 0.323 e. The second-order valence-corrected chi connectivity index (χ2v) is 4.02. The van der Waals surface area contributed by atoms with Crippen LogP contribution in [-0.2, 0) is 13.2 Å². The molecule has 0 amide bonds. The van der Waals surface area contributed by atoms with Crippen LogP contribution in [0.3, 0.4) is 0 Å². The van der Waals surface area contributed by atoms with Crippen LogP contribution >= 0.6 is 0 Å². The summed E-state index contributed by atoms with van der Waals surface area (Å²) in [5.41, 5.74) is 2.91. The fourth-order valence-electron chi connectivity index (χ4n) is 1.46. The molecule has 0 radical (unpaired) electrons. The van der Waals surface area contributed by atoms with Gasteiger partial charge in [-0.15, -0.1) is 0 Å². The third-order valence-electron chi connectivity index (χ3n) is 2.50. The minimum absolute atomic E-state index is 0.0571. The van der Waals surface area contributed by atoms with Crippen molar-refractivity contribution in [2.45, 2.75) is 13.1 Å². The van der Waals surface area contributed by atoms with Crippen LogP contribution in [0.15, 0.2) is 12.1 Å². The van der Waals surface area contributed by atoms with E-state index in [0.717, 1.165) is 5.69 Å². The zero-order valence-corrected chi connectivity index (χ0v) is 10.7. The minimum atomic E-state index is -4.66. The van der Waals surface area contributed by atoms with E-state index in [1.54, 1.807) is 17.8 Å². The first-order valence-electron chi connectivity index (χ1n) is 5.50. The van der Waals surface area contributed by atoms with Gasteiger partial charge in [0.15, 0.2) is 5.82 Å². The van der Waals surface area contributed by atoms with E-state index in [1.165, 1.54) is 6.07 Å². The Bertz CT molecular complexity index is 600. The van der Waals surface area contributed by atoms with E-state index in [0.29, 0.717) is 5.82 Å². The average molecular weight is 287 g/mol. The van der Waals surface area contributed by atoms with E-state index in [4.69, 9.17) is 5.84 Å². The van der Waals surface area contributed by atoms with Crippen molar-refractivity contribution in [2.75, 3.05) is 10.7 Å². The number of nitrogens with zero attached hydrogens (tertiary/aromatic N) is 4. The van der Waals surface area contributed by atoms with Crippen LogP contribution in [0.25, 0.3) is 0 Å². The summed E-state index contributed by atoms with van der Waals surface area (Å²) >= 11 is 0. The normalized spacial score (nSPS) is 11.5. The molecule has 0 aliphatic heterocycles. The number of hydrazine groups is 1. The molecule has 0 bridgehead atoms. The van der Waals surface area contributed by atoms with E-state index in [9.17, 15) is 13.2 Å². The first-order valence-corrected chi connectivity index (χ1v) is 5.50. The standard InChI is InChI=1S/C10H12F3N7/c1-5-3-8(19-20(5)2)15-6-4-7(18-14)17-9(16-6)10(11,12)13/h3-4H,14H2,1-2H3,(H2,15,16,17,18,19). The van der Waals surface area contributed by atoms with Gasteiger partial charge in [-0.05, 0) is 6.92 Å². The molecule has 0 aromatic carbocycles. The molecular weight excluding hydrogens is 275 g/mol. The number of aromatic nitrogens is 4. The Hall–Kier alpha value is -2.36. The van der Waals surface area contributed by atoms with Gasteiger partial charge in [-0.3, -0.25) is 4.68 Å². The molecule has 0 aliphatic carbocycles. The maximum Gasteiger partial charge on any atom is 0.451 e. The fourth-order valence-corrected chi connectivity index (χ4v) is 1.46. The number of aryl methyl sites for hydroxylation is 2. The van der Waals surface area contributed by atoms with Gasteiger partial charge in [-0.2, -0.15) is 18.3 Å². The fraction of sp³-hybridized carbons (Fsp3) is 0.300. The SMILES string of the molecule is Cc1cc(Nc2cc(NN)nc(C(F)(F)F)n2)nn1C. The molecule has 0 spiro atoms. The van der Waals surface area contributed by atoms with Gasteiger partial charge < -0.3 is 10.7 Å². The highest BCUT2D eigenvalue weighted by molar-refractivity contribution is 5.56. The number of nitrogen functional groups attached to an aromatic ring is 1. The summed E-state index contributed by atoms with van der Waals surface area (Å²) in [4.78, 5) is 6.64. The molecule has 0 fully saturated rings. The van der Waals surface area contributed by atoms with Crippen molar-refractivity contribution in [3.63, 3.8) is 0 Å². The third kappa shape index (κ3) is 2.96. The van der Waals surface area contributed by atoms with E-state index in [1.807, 2.05) is 6.92 Å². The number of nitrogens with one attached hydrogen (secondary N) is 2. The lowest BCUT2D eigenvalue weighted by molar-refractivity contribution is -0.144. The van der Waals surface area contributed by atoms with Crippen molar-refractivity contribution in [3.05, 3.63) is 23.7 Å². The quantitative estimate of drug-likeness (QED) is 0.586. The predicted molar refractivity (Wildman–Crippen MR) is 66.1 cm³/mol. The highest BCUT2D eigenvalue weighted by Gasteiger charge is 2.35. The highest BCUT2D eigenvalue weighted by Crippen LogP contribution is 2.28. The average Bonchev–Trinajstić information content (AvgIpc) is 2.66. The van der Waals surface area contributed by atoms with Crippen molar-refractivity contribution >= 4 is 17.5 Å². The molecule has 0 saturated heterocycles. The van der Waals surface area contributed by atoms with Crippen LogP contribution in [0.2, 0.25) is 0 Å². The lowest BCUT2D eigenvalue weighted by atomic mass is 10.4. The maximum atomic E-state index is 12.7. The molecule has 20 heavy (non-hydrogen) atoms. The van der Waals surface area contributed by atoms with Crippen LogP contribution in [0.5, 0.6) is 0 Å². The zero-order valence-electron chi connectivity index (χ0n) is 10.7. The van der Waals surface area contributed by atoms with Crippen molar-refractivity contribution in [2.24, 2.45) is 12.9 Å². The Labute approximate surface area is 112 Å². The number of anilines is 3. The third-order valence-corrected chi connectivity index (χ3v) is 2.50. The second kappa shape index (κ2) is 4.96. The lowest BCUT2D eigenvalue weighted by Gasteiger charge is -2.10. The Morgan fingerprint density at radius 2 is 1.80 bits per heavy atom. The monoisotopic (exact) mass is 287 g/mol. The summed E-state index contributed by atoms with van der Waals surface area (Å²) in [6.45, 7) is 1.81. The molecule has 7 nitrogen and oxygen atoms in total. The Morgan fingerprint density at radius 3 is 2.30 bits per heavy atom. The van der Waals surface area contributed by atoms with E-state index in [-0.39, 0.29) is 11.6 Å². The number of rotatable bonds is 3. The van der Waals surface area contributed by atoms with E-state index < -0.39 is 12.0 Å². The molecular formula is C10H12F3N7. The molecule has 2 aromatic rings. The summed E-state index contributed by atoms with van der Waals surface area (Å²) in [6, 6.07) is 2.92. The largest absolute Gasteiger partial charge is 0.451 e. The topological polar surface area (TPSA) is 93.7 Å². The highest BCUT2D eigenvalue weighted by atomic mass is 19.4. The van der Waals surface area contributed by atoms with Gasteiger partial charge in [-0.25, -0.2) is 15.8 Å². The Balaban J connectivity index is 2.36. The molecule has 0 aliphatic rings. The van der Waals surface area contributed by atoms with Gasteiger partial charge in [0.25, 0.3) is 0 Å². The maximum absolute atomic E-state index is 12.7. The van der Waals surface area contributed by atoms with Crippen molar-refractivity contribution in [1.29, 1.82) is 0 Å². The molecule has 2 aromatic heterocycles. The molecule has 0 saturated carbocycles. The number of halogens is 3. The van der Waals surface area contributed by atoms with Crippen molar-refractivity contribution < 1.29 is 13.2 Å². The number of alkyl halides is 3. The minimum Gasteiger partial charge on any atom is -0.323 e. The molecule has 0 unspecified atom stereocenters. The first-order chi connectivity index (χ1) is 9.29. The Morgan fingerprint density at radius 1 is 1.15 bits per heavy atom. The lowest BCUT2D eigenvalue weighted by Crippen LogP contribution is -2.16. The number of hydrogen-bond acceptors (Lipinski definition) is 6. The molecule has 2 rings (SSSR count). The van der Waals surface area contributed by atoms with Gasteiger partial charge in [0.2, 0.25) is 5.82 Å². The van der Waals surface area contributed by atoms with Crippen molar-refractivity contribution in [3.8, 4) is 0 Å². The summed E-state index contributed by atoms with van der Waals surface area (Å²) in [6.07, 6.45) is -4.66. The molecule has 108 valence electrons. The zero-order chi connectivity index (χ0) is 14.9. The summed E-state index contributed by atoms with van der Waals surface area (Å²) < 4.78 is 39.5. The molecule has 10 heteroatoms. The van der Waals surface area contributed by atoms with Gasteiger partial charge in [-0.1, -0.05) is 0 Å². The van der Waals surface area contributed by atoms with Crippen LogP contribution in [0.4, 0.5) is 30.6 Å². The van der Waals surface area contributed by atoms with Crippen LogP contribution in [0.1, 0.15) is 11.5 Å². The summed E-state index contributed by atoms with van der Waals surface area (Å²) in [5, 5.41) is 6.74. The van der Waals surface area contributed by atoms with Crippen LogP contribution in [0, 0.1) is 6.92 Å². The van der Waals surface area contributed by atoms with E-state index >= 15 is 0 Å². The molecule has 4 N–H and O–H groups in total. The van der Waals surface area contributed by atoms with Gasteiger partial charge in [0, 0.05) is 24.9 Å². The number of nitrogens with two attached hydrogens (primary N) is 1. The summed E-state index contributed by atoms with van der Waals surface area (Å²) in [5.74, 6) is 3.98.